The lowest BCUT2D eigenvalue weighted by atomic mass is 10.0. The summed E-state index contributed by atoms with van der Waals surface area (Å²) in [4.78, 5) is 0. The number of methoxy groups -OCH3 is 3. The Labute approximate surface area is 101 Å². The molecule has 0 aliphatic rings. The van der Waals surface area contributed by atoms with Crippen molar-refractivity contribution < 1.29 is 14.2 Å². The van der Waals surface area contributed by atoms with Gasteiger partial charge < -0.3 is 14.2 Å². The average molecular weight is 232 g/mol. The third kappa shape index (κ3) is 1.78. The lowest BCUT2D eigenvalue weighted by Gasteiger charge is -2.15. The number of hydrogen-bond donors (Lipinski definition) is 0. The van der Waals surface area contributed by atoms with E-state index >= 15 is 0 Å². The maximum atomic E-state index is 5.44. The third-order valence-corrected chi connectivity index (χ3v) is 2.89. The summed E-state index contributed by atoms with van der Waals surface area (Å²) in [6.07, 6.45) is 0. The van der Waals surface area contributed by atoms with Gasteiger partial charge >= 0.3 is 0 Å². The van der Waals surface area contributed by atoms with Crippen molar-refractivity contribution in [1.29, 1.82) is 0 Å². The van der Waals surface area contributed by atoms with Gasteiger partial charge in [-0.05, 0) is 30.0 Å². The van der Waals surface area contributed by atoms with Crippen molar-refractivity contribution in [2.24, 2.45) is 0 Å². The predicted octanol–water partition coefficient (Wildman–Crippen LogP) is 3.17. The highest BCUT2D eigenvalue weighted by molar-refractivity contribution is 5.98. The molecule has 0 saturated heterocycles. The van der Waals surface area contributed by atoms with E-state index in [0.29, 0.717) is 5.75 Å². The minimum Gasteiger partial charge on any atom is -0.496 e. The fraction of sp³-hybridized carbons (Fsp3) is 0.286. The van der Waals surface area contributed by atoms with Gasteiger partial charge in [0.1, 0.15) is 5.75 Å². The highest BCUT2D eigenvalue weighted by Gasteiger charge is 2.15. The van der Waals surface area contributed by atoms with Gasteiger partial charge in [-0.3, -0.25) is 0 Å². The Morgan fingerprint density at radius 2 is 1.59 bits per heavy atom. The Morgan fingerprint density at radius 1 is 0.882 bits per heavy atom. The van der Waals surface area contributed by atoms with Gasteiger partial charge in [-0.1, -0.05) is 12.1 Å². The first-order valence-electron chi connectivity index (χ1n) is 5.41. The fourth-order valence-electron chi connectivity index (χ4n) is 2.08. The molecule has 0 heterocycles. The molecule has 0 aromatic heterocycles. The first kappa shape index (κ1) is 11.6. The van der Waals surface area contributed by atoms with Gasteiger partial charge in [0.05, 0.1) is 26.7 Å². The monoisotopic (exact) mass is 232 g/mol. The van der Waals surface area contributed by atoms with Crippen molar-refractivity contribution in [2.75, 3.05) is 21.3 Å². The first-order chi connectivity index (χ1) is 8.22. The zero-order valence-corrected chi connectivity index (χ0v) is 10.5. The second kappa shape index (κ2) is 4.53. The number of benzene rings is 2. The summed E-state index contributed by atoms with van der Waals surface area (Å²) >= 11 is 0. The van der Waals surface area contributed by atoms with Crippen LogP contribution in [0.4, 0.5) is 0 Å². The number of ether oxygens (including phenoxy) is 3. The zero-order chi connectivity index (χ0) is 12.4. The van der Waals surface area contributed by atoms with Crippen molar-refractivity contribution in [2.45, 2.75) is 6.92 Å². The molecule has 0 amide bonds. The van der Waals surface area contributed by atoms with Crippen molar-refractivity contribution in [1.82, 2.24) is 0 Å². The van der Waals surface area contributed by atoms with Gasteiger partial charge in [0.15, 0.2) is 11.5 Å². The van der Waals surface area contributed by atoms with Crippen molar-refractivity contribution in [3.63, 3.8) is 0 Å². The molecule has 90 valence electrons. The number of fused-ring (bicyclic) bond motifs is 1. The first-order valence-corrected chi connectivity index (χ1v) is 5.41. The Balaban J connectivity index is 2.92. The molecule has 17 heavy (non-hydrogen) atoms. The Morgan fingerprint density at radius 3 is 2.18 bits per heavy atom. The summed E-state index contributed by atoms with van der Waals surface area (Å²) in [6, 6.07) is 7.92. The maximum Gasteiger partial charge on any atom is 0.172 e. The molecule has 0 saturated carbocycles. The third-order valence-electron chi connectivity index (χ3n) is 2.89. The van der Waals surface area contributed by atoms with Crippen LogP contribution in [0.3, 0.4) is 0 Å². The van der Waals surface area contributed by atoms with Gasteiger partial charge in [0, 0.05) is 0 Å². The molecule has 0 aliphatic carbocycles. The van der Waals surface area contributed by atoms with Crippen LogP contribution in [0.5, 0.6) is 17.2 Å². The van der Waals surface area contributed by atoms with Crippen LogP contribution in [0.2, 0.25) is 0 Å². The number of rotatable bonds is 3. The van der Waals surface area contributed by atoms with Crippen LogP contribution >= 0.6 is 0 Å². The zero-order valence-electron chi connectivity index (χ0n) is 10.5. The summed E-state index contributed by atoms with van der Waals surface area (Å²) in [5.41, 5.74) is 1.14. The van der Waals surface area contributed by atoms with E-state index in [-0.39, 0.29) is 0 Å². The minimum absolute atomic E-state index is 0.713. The van der Waals surface area contributed by atoms with E-state index in [2.05, 4.69) is 6.07 Å². The second-order valence-electron chi connectivity index (χ2n) is 3.81. The number of aryl methyl sites for hydroxylation is 1. The van der Waals surface area contributed by atoms with E-state index in [0.717, 1.165) is 27.8 Å². The summed E-state index contributed by atoms with van der Waals surface area (Å²) in [5.74, 6) is 2.23. The lowest BCUT2D eigenvalue weighted by molar-refractivity contribution is 0.356. The molecule has 3 nitrogen and oxygen atoms in total. The SMILES string of the molecule is COc1cc(C)c2cccc(OC)c2c1OC. The molecular formula is C14H16O3. The highest BCUT2D eigenvalue weighted by atomic mass is 16.5. The largest absolute Gasteiger partial charge is 0.496 e. The number of hydrogen-bond acceptors (Lipinski definition) is 3. The average Bonchev–Trinajstić information content (AvgIpc) is 2.37. The predicted molar refractivity (Wildman–Crippen MR) is 68.3 cm³/mol. The van der Waals surface area contributed by atoms with Gasteiger partial charge in [0.25, 0.3) is 0 Å². The van der Waals surface area contributed by atoms with Gasteiger partial charge in [-0.15, -0.1) is 0 Å². The van der Waals surface area contributed by atoms with Crippen LogP contribution in [0, 0.1) is 6.92 Å². The Kier molecular flexibility index (Phi) is 3.09. The normalized spacial score (nSPS) is 10.4. The second-order valence-corrected chi connectivity index (χ2v) is 3.81. The summed E-state index contributed by atoms with van der Waals surface area (Å²) in [7, 11) is 4.93. The molecule has 3 heteroatoms. The summed E-state index contributed by atoms with van der Waals surface area (Å²) in [5, 5.41) is 2.07. The molecule has 2 rings (SSSR count). The van der Waals surface area contributed by atoms with Crippen molar-refractivity contribution >= 4 is 10.8 Å². The molecular weight excluding hydrogens is 216 g/mol. The topological polar surface area (TPSA) is 27.7 Å². The molecule has 0 atom stereocenters. The van der Waals surface area contributed by atoms with E-state index in [1.165, 1.54) is 0 Å². The smallest absolute Gasteiger partial charge is 0.172 e. The highest BCUT2D eigenvalue weighted by Crippen LogP contribution is 2.42. The van der Waals surface area contributed by atoms with Crippen LogP contribution in [-0.4, -0.2) is 21.3 Å². The molecule has 0 N–H and O–H groups in total. The van der Waals surface area contributed by atoms with E-state index in [4.69, 9.17) is 14.2 Å². The minimum atomic E-state index is 0.713. The van der Waals surface area contributed by atoms with Gasteiger partial charge in [-0.25, -0.2) is 0 Å². The van der Waals surface area contributed by atoms with Crippen molar-refractivity contribution in [3.8, 4) is 17.2 Å². The maximum absolute atomic E-state index is 5.44. The Hall–Kier alpha value is -1.90. The summed E-state index contributed by atoms with van der Waals surface area (Å²) < 4.78 is 16.2. The van der Waals surface area contributed by atoms with Crippen molar-refractivity contribution in [3.05, 3.63) is 29.8 Å². The molecule has 0 fully saturated rings. The standard InChI is InChI=1S/C14H16O3/c1-9-8-12(16-3)14(17-4)13-10(9)6-5-7-11(13)15-2/h5-8H,1-4H3. The van der Waals surface area contributed by atoms with Crippen LogP contribution in [0.25, 0.3) is 10.8 Å². The molecule has 2 aromatic rings. The lowest BCUT2D eigenvalue weighted by Crippen LogP contribution is -1.95. The summed E-state index contributed by atoms with van der Waals surface area (Å²) in [6.45, 7) is 2.05. The molecule has 0 radical (unpaired) electrons. The van der Waals surface area contributed by atoms with Gasteiger partial charge in [0.2, 0.25) is 0 Å². The van der Waals surface area contributed by atoms with Crippen LogP contribution < -0.4 is 14.2 Å². The molecule has 2 aromatic carbocycles. The molecule has 0 bridgehead atoms. The van der Waals surface area contributed by atoms with E-state index < -0.39 is 0 Å². The molecule has 0 aliphatic heterocycles. The van der Waals surface area contributed by atoms with Crippen LogP contribution in [0.1, 0.15) is 5.56 Å². The molecule has 0 spiro atoms. The Bertz CT molecular complexity index is 547. The van der Waals surface area contributed by atoms with Gasteiger partial charge in [-0.2, -0.15) is 0 Å². The quantitative estimate of drug-likeness (QED) is 0.813. The van der Waals surface area contributed by atoms with Crippen LogP contribution in [-0.2, 0) is 0 Å². The van der Waals surface area contributed by atoms with E-state index in [9.17, 15) is 0 Å². The van der Waals surface area contributed by atoms with E-state index in [1.54, 1.807) is 21.3 Å². The van der Waals surface area contributed by atoms with E-state index in [1.807, 2.05) is 25.1 Å². The fourth-order valence-corrected chi connectivity index (χ4v) is 2.08. The molecule has 0 unspecified atom stereocenters. The van der Waals surface area contributed by atoms with Crippen LogP contribution in [0.15, 0.2) is 24.3 Å².